The number of carbonyl (C=O) groups excluding carboxylic acids is 2. The number of nitrogens with zero attached hydrogens (tertiary/aromatic N) is 3. The highest BCUT2D eigenvalue weighted by Gasteiger charge is 2.25. The third-order valence-corrected chi connectivity index (χ3v) is 5.19. The van der Waals surface area contributed by atoms with E-state index in [0.29, 0.717) is 25.9 Å². The topological polar surface area (TPSA) is 62.2 Å². The molecule has 0 saturated carbocycles. The molecule has 1 saturated heterocycles. The van der Waals surface area contributed by atoms with Crippen LogP contribution in [0.1, 0.15) is 53.4 Å². The Hall–Kier alpha value is -2.37. The second-order valence-electron chi connectivity index (χ2n) is 7.46. The van der Waals surface area contributed by atoms with E-state index in [1.807, 2.05) is 49.1 Å². The Labute approximate surface area is 168 Å². The van der Waals surface area contributed by atoms with Crippen molar-refractivity contribution in [1.29, 1.82) is 0 Å². The number of hydrogen-bond acceptors (Lipinski definition) is 4. The highest BCUT2D eigenvalue weighted by molar-refractivity contribution is 5.95. The van der Waals surface area contributed by atoms with Gasteiger partial charge in [-0.25, -0.2) is 0 Å². The van der Waals surface area contributed by atoms with Gasteiger partial charge in [0.15, 0.2) is 6.61 Å². The van der Waals surface area contributed by atoms with E-state index in [-0.39, 0.29) is 30.4 Å². The van der Waals surface area contributed by atoms with Gasteiger partial charge in [0.2, 0.25) is 5.91 Å². The molecular weight excluding hydrogens is 354 g/mol. The minimum absolute atomic E-state index is 0.0329. The Balaban J connectivity index is 1.85. The number of anilines is 1. The smallest absolute Gasteiger partial charge is 0.267 e. The van der Waals surface area contributed by atoms with E-state index in [1.54, 1.807) is 4.90 Å². The molecule has 0 aromatic heterocycles. The fraction of sp³-hybridized carbons (Fsp3) is 0.591. The summed E-state index contributed by atoms with van der Waals surface area (Å²) in [6.07, 6.45) is 3.16. The molecule has 0 spiro atoms. The van der Waals surface area contributed by atoms with Crippen LogP contribution in [0, 0.1) is 5.92 Å². The summed E-state index contributed by atoms with van der Waals surface area (Å²) in [5, 5.41) is 4.17. The van der Waals surface area contributed by atoms with E-state index in [2.05, 4.69) is 19.0 Å². The average Bonchev–Trinajstić information content (AvgIpc) is 2.70. The molecule has 28 heavy (non-hydrogen) atoms. The fourth-order valence-electron chi connectivity index (χ4n) is 3.54. The molecule has 2 rings (SSSR count). The minimum atomic E-state index is -0.119. The SMILES string of the molecule is CCC(CC)C(=O)N1CCC(=NOCC(=O)N(c2ccccc2)C(C)C)CC1. The summed E-state index contributed by atoms with van der Waals surface area (Å²) >= 11 is 0. The van der Waals surface area contributed by atoms with Crippen LogP contribution in [0.25, 0.3) is 0 Å². The van der Waals surface area contributed by atoms with Gasteiger partial charge in [-0.05, 0) is 38.8 Å². The van der Waals surface area contributed by atoms with Gasteiger partial charge in [0, 0.05) is 43.6 Å². The van der Waals surface area contributed by atoms with Crippen LogP contribution >= 0.6 is 0 Å². The van der Waals surface area contributed by atoms with Gasteiger partial charge in [0.1, 0.15) is 0 Å². The van der Waals surface area contributed by atoms with Gasteiger partial charge in [-0.1, -0.05) is 37.2 Å². The van der Waals surface area contributed by atoms with Gasteiger partial charge in [0.05, 0.1) is 5.71 Å². The zero-order chi connectivity index (χ0) is 20.5. The van der Waals surface area contributed by atoms with Crippen LogP contribution in [0.15, 0.2) is 35.5 Å². The first-order valence-corrected chi connectivity index (χ1v) is 10.3. The second-order valence-corrected chi connectivity index (χ2v) is 7.46. The van der Waals surface area contributed by atoms with Crippen molar-refractivity contribution >= 4 is 23.2 Å². The van der Waals surface area contributed by atoms with Crippen molar-refractivity contribution in [1.82, 2.24) is 4.90 Å². The zero-order valence-corrected chi connectivity index (χ0v) is 17.6. The molecule has 2 amide bonds. The number of benzene rings is 1. The van der Waals surface area contributed by atoms with E-state index in [1.165, 1.54) is 0 Å². The fourth-order valence-corrected chi connectivity index (χ4v) is 3.54. The van der Waals surface area contributed by atoms with E-state index in [0.717, 1.165) is 24.2 Å². The summed E-state index contributed by atoms with van der Waals surface area (Å²) < 4.78 is 0. The molecule has 1 heterocycles. The van der Waals surface area contributed by atoms with E-state index >= 15 is 0 Å². The lowest BCUT2D eigenvalue weighted by Crippen LogP contribution is -2.42. The molecule has 0 bridgehead atoms. The van der Waals surface area contributed by atoms with Crippen molar-refractivity contribution in [3.05, 3.63) is 30.3 Å². The zero-order valence-electron chi connectivity index (χ0n) is 17.6. The van der Waals surface area contributed by atoms with E-state index in [9.17, 15) is 9.59 Å². The number of hydrogen-bond donors (Lipinski definition) is 0. The van der Waals surface area contributed by atoms with Crippen molar-refractivity contribution in [2.24, 2.45) is 11.1 Å². The molecule has 0 radical (unpaired) electrons. The van der Waals surface area contributed by atoms with Crippen LogP contribution in [-0.2, 0) is 14.4 Å². The summed E-state index contributed by atoms with van der Waals surface area (Å²) in [5.74, 6) is 0.245. The average molecular weight is 388 g/mol. The summed E-state index contributed by atoms with van der Waals surface area (Å²) in [5.41, 5.74) is 1.77. The van der Waals surface area contributed by atoms with E-state index < -0.39 is 0 Å². The number of likely N-dealkylation sites (tertiary alicyclic amines) is 1. The maximum Gasteiger partial charge on any atom is 0.267 e. The first-order chi connectivity index (χ1) is 13.5. The highest BCUT2D eigenvalue weighted by Crippen LogP contribution is 2.18. The minimum Gasteiger partial charge on any atom is -0.386 e. The highest BCUT2D eigenvalue weighted by atomic mass is 16.6. The third-order valence-electron chi connectivity index (χ3n) is 5.19. The molecule has 6 heteroatoms. The number of carbonyl (C=O) groups is 2. The molecule has 0 unspecified atom stereocenters. The number of para-hydroxylation sites is 1. The van der Waals surface area contributed by atoms with Crippen LogP contribution < -0.4 is 4.90 Å². The van der Waals surface area contributed by atoms with Crippen LogP contribution in [0.4, 0.5) is 5.69 Å². The van der Waals surface area contributed by atoms with Crippen LogP contribution in [-0.4, -0.2) is 48.2 Å². The number of oxime groups is 1. The quantitative estimate of drug-likeness (QED) is 0.636. The van der Waals surface area contributed by atoms with Crippen molar-refractivity contribution < 1.29 is 14.4 Å². The van der Waals surface area contributed by atoms with Crippen molar-refractivity contribution in [2.75, 3.05) is 24.6 Å². The summed E-state index contributed by atoms with van der Waals surface area (Å²) in [6, 6.07) is 9.61. The monoisotopic (exact) mass is 387 g/mol. The maximum absolute atomic E-state index is 12.6. The van der Waals surface area contributed by atoms with Gasteiger partial charge < -0.3 is 14.6 Å². The number of amides is 2. The first-order valence-electron chi connectivity index (χ1n) is 10.3. The Morgan fingerprint density at radius 2 is 1.71 bits per heavy atom. The lowest BCUT2D eigenvalue weighted by molar-refractivity contribution is -0.135. The first kappa shape index (κ1) is 21.9. The number of piperidine rings is 1. The normalized spacial score (nSPS) is 14.4. The Bertz CT molecular complexity index is 659. The molecule has 1 aromatic carbocycles. The Morgan fingerprint density at radius 1 is 1.11 bits per heavy atom. The van der Waals surface area contributed by atoms with Gasteiger partial charge in [-0.15, -0.1) is 0 Å². The second kappa shape index (κ2) is 10.8. The van der Waals surface area contributed by atoms with Gasteiger partial charge in [0.25, 0.3) is 5.91 Å². The summed E-state index contributed by atoms with van der Waals surface area (Å²) in [6.45, 7) is 9.33. The van der Waals surface area contributed by atoms with Gasteiger partial charge in [-0.3, -0.25) is 9.59 Å². The molecule has 154 valence electrons. The lowest BCUT2D eigenvalue weighted by atomic mass is 9.99. The van der Waals surface area contributed by atoms with Crippen molar-refractivity contribution in [3.63, 3.8) is 0 Å². The number of rotatable bonds is 8. The molecule has 6 nitrogen and oxygen atoms in total. The Kier molecular flexibility index (Phi) is 8.48. The molecule has 1 aliphatic rings. The maximum atomic E-state index is 12.6. The predicted octanol–water partition coefficient (Wildman–Crippen LogP) is 3.86. The molecule has 1 aliphatic heterocycles. The van der Waals surface area contributed by atoms with Crippen LogP contribution in [0.2, 0.25) is 0 Å². The summed E-state index contributed by atoms with van der Waals surface area (Å²) in [7, 11) is 0. The molecular formula is C22H33N3O3. The molecule has 1 aromatic rings. The van der Waals surface area contributed by atoms with E-state index in [4.69, 9.17) is 4.84 Å². The molecule has 0 atom stereocenters. The standard InChI is InChI=1S/C22H33N3O3/c1-5-18(6-2)22(27)24-14-12-19(13-15-24)23-28-16-21(26)25(17(3)4)20-10-8-7-9-11-20/h7-11,17-18H,5-6,12-16H2,1-4H3. The summed E-state index contributed by atoms with van der Waals surface area (Å²) in [4.78, 5) is 34.1. The molecule has 0 N–H and O–H groups in total. The van der Waals surface area contributed by atoms with Crippen LogP contribution in [0.3, 0.4) is 0 Å². The molecule has 0 aliphatic carbocycles. The largest absolute Gasteiger partial charge is 0.386 e. The van der Waals surface area contributed by atoms with Gasteiger partial charge >= 0.3 is 0 Å². The van der Waals surface area contributed by atoms with Crippen molar-refractivity contribution in [3.8, 4) is 0 Å². The Morgan fingerprint density at radius 3 is 2.25 bits per heavy atom. The predicted molar refractivity (Wildman–Crippen MR) is 112 cm³/mol. The molecule has 1 fully saturated rings. The van der Waals surface area contributed by atoms with Gasteiger partial charge in [-0.2, -0.15) is 0 Å². The lowest BCUT2D eigenvalue weighted by Gasteiger charge is -2.30. The third kappa shape index (κ3) is 5.81. The van der Waals surface area contributed by atoms with Crippen LogP contribution in [0.5, 0.6) is 0 Å². The van der Waals surface area contributed by atoms with Crippen molar-refractivity contribution in [2.45, 2.75) is 59.4 Å².